The van der Waals surface area contributed by atoms with Gasteiger partial charge in [0.25, 0.3) is 0 Å². The fraction of sp³-hybridized carbons (Fsp3) is 0.765. The molecule has 0 spiro atoms. The Morgan fingerprint density at radius 1 is 0.977 bits per heavy atom. The number of nitrogens with two attached hydrogens (primary N) is 1. The first-order valence-electron chi connectivity index (χ1n) is 16.1. The standard InChI is InChI=1S/C34H58N2O7/c1-22(2)26(18-24-14-15-30(41-6)31(19-24)43-17-11-16-40-5)20-28(35)29(37)21-27(23(3)4)33(38)36-32(34(39)42-7)25-12-9-8-10-13-25/h14-15,19,22-23,25-29,32,37H,8-13,16-18,20-21,35H2,1-7H3,(H,36,38)/t26-,27-,28-,29?,32-/m0/s1. The Labute approximate surface area is 259 Å². The van der Waals surface area contributed by atoms with E-state index in [1.165, 1.54) is 7.11 Å². The summed E-state index contributed by atoms with van der Waals surface area (Å²) in [6.07, 6.45) is 6.56. The van der Waals surface area contributed by atoms with Crippen LogP contribution in [0.2, 0.25) is 0 Å². The summed E-state index contributed by atoms with van der Waals surface area (Å²) in [4.78, 5) is 26.1. The number of hydrogen-bond donors (Lipinski definition) is 3. The summed E-state index contributed by atoms with van der Waals surface area (Å²) in [5.74, 6) is 0.861. The highest BCUT2D eigenvalue weighted by Crippen LogP contribution is 2.32. The normalized spacial score (nSPS) is 17.7. The molecular formula is C34H58N2O7. The van der Waals surface area contributed by atoms with Crippen molar-refractivity contribution in [2.45, 2.75) is 104 Å². The van der Waals surface area contributed by atoms with Crippen LogP contribution in [0.5, 0.6) is 11.5 Å². The number of carbonyl (C=O) groups excluding carboxylic acids is 2. The zero-order valence-corrected chi connectivity index (χ0v) is 27.6. The van der Waals surface area contributed by atoms with E-state index in [-0.39, 0.29) is 30.1 Å². The molecule has 1 aromatic rings. The molecule has 9 nitrogen and oxygen atoms in total. The first-order valence-corrected chi connectivity index (χ1v) is 16.1. The van der Waals surface area contributed by atoms with E-state index in [0.717, 1.165) is 50.5 Å². The third kappa shape index (κ3) is 11.9. The molecular weight excluding hydrogens is 548 g/mol. The molecule has 0 saturated heterocycles. The number of aliphatic hydroxyl groups excluding tert-OH is 1. The predicted molar refractivity (Wildman–Crippen MR) is 169 cm³/mol. The molecule has 0 heterocycles. The largest absolute Gasteiger partial charge is 0.493 e. The van der Waals surface area contributed by atoms with E-state index in [1.54, 1.807) is 14.2 Å². The van der Waals surface area contributed by atoms with Gasteiger partial charge in [-0.05, 0) is 73.5 Å². The van der Waals surface area contributed by atoms with Crippen LogP contribution in [-0.2, 0) is 25.5 Å². The zero-order valence-electron chi connectivity index (χ0n) is 27.6. The third-order valence-electron chi connectivity index (χ3n) is 9.00. The monoisotopic (exact) mass is 606 g/mol. The van der Waals surface area contributed by atoms with E-state index >= 15 is 0 Å². The van der Waals surface area contributed by atoms with Crippen LogP contribution in [0.15, 0.2) is 18.2 Å². The number of ether oxygens (including phenoxy) is 4. The molecule has 0 radical (unpaired) electrons. The summed E-state index contributed by atoms with van der Waals surface area (Å²) >= 11 is 0. The average molecular weight is 607 g/mol. The van der Waals surface area contributed by atoms with Crippen LogP contribution in [0.4, 0.5) is 0 Å². The van der Waals surface area contributed by atoms with Gasteiger partial charge < -0.3 is 35.1 Å². The Kier molecular flexibility index (Phi) is 16.4. The maximum atomic E-state index is 13.5. The van der Waals surface area contributed by atoms with Gasteiger partial charge in [-0.1, -0.05) is 53.0 Å². The fourth-order valence-corrected chi connectivity index (χ4v) is 6.09. The smallest absolute Gasteiger partial charge is 0.328 e. The first-order chi connectivity index (χ1) is 20.5. The van der Waals surface area contributed by atoms with Crippen molar-refractivity contribution in [3.8, 4) is 11.5 Å². The minimum atomic E-state index is -0.860. The van der Waals surface area contributed by atoms with Crippen LogP contribution < -0.4 is 20.5 Å². The van der Waals surface area contributed by atoms with Crippen LogP contribution in [0, 0.1) is 29.6 Å². The van der Waals surface area contributed by atoms with Gasteiger partial charge >= 0.3 is 5.97 Å². The third-order valence-corrected chi connectivity index (χ3v) is 9.00. The summed E-state index contributed by atoms with van der Waals surface area (Å²) in [5.41, 5.74) is 7.71. The van der Waals surface area contributed by atoms with Gasteiger partial charge in [-0.2, -0.15) is 0 Å². The maximum Gasteiger partial charge on any atom is 0.328 e. The van der Waals surface area contributed by atoms with Crippen molar-refractivity contribution in [2.24, 2.45) is 35.3 Å². The number of hydrogen-bond acceptors (Lipinski definition) is 8. The van der Waals surface area contributed by atoms with E-state index in [2.05, 4.69) is 19.2 Å². The molecule has 4 N–H and O–H groups in total. The highest BCUT2D eigenvalue weighted by atomic mass is 16.5. The number of rotatable bonds is 19. The van der Waals surface area contributed by atoms with Crippen molar-refractivity contribution in [1.29, 1.82) is 0 Å². The molecule has 1 aliphatic carbocycles. The topological polar surface area (TPSA) is 129 Å². The fourth-order valence-electron chi connectivity index (χ4n) is 6.09. The highest BCUT2D eigenvalue weighted by molar-refractivity contribution is 5.86. The molecule has 0 aromatic heterocycles. The molecule has 0 bridgehead atoms. The van der Waals surface area contributed by atoms with Gasteiger partial charge in [-0.15, -0.1) is 0 Å². The Bertz CT molecular complexity index is 964. The molecule has 0 aliphatic heterocycles. The lowest BCUT2D eigenvalue weighted by Gasteiger charge is -2.32. The molecule has 43 heavy (non-hydrogen) atoms. The molecule has 9 heteroatoms. The molecule has 5 atom stereocenters. The molecule has 1 amide bonds. The van der Waals surface area contributed by atoms with Gasteiger partial charge in [0.1, 0.15) is 6.04 Å². The average Bonchev–Trinajstić information content (AvgIpc) is 3.00. The summed E-state index contributed by atoms with van der Waals surface area (Å²) < 4.78 is 21.6. The minimum Gasteiger partial charge on any atom is -0.493 e. The second-order valence-corrected chi connectivity index (χ2v) is 12.8. The number of benzene rings is 1. The van der Waals surface area contributed by atoms with Crippen LogP contribution in [0.1, 0.15) is 84.6 Å². The van der Waals surface area contributed by atoms with Crippen molar-refractivity contribution < 1.29 is 33.6 Å². The van der Waals surface area contributed by atoms with E-state index in [4.69, 9.17) is 24.7 Å². The number of carbonyl (C=O) groups is 2. The van der Waals surface area contributed by atoms with E-state index in [0.29, 0.717) is 37.1 Å². The van der Waals surface area contributed by atoms with Crippen LogP contribution in [0.25, 0.3) is 0 Å². The summed E-state index contributed by atoms with van der Waals surface area (Å²) in [6.45, 7) is 9.42. The van der Waals surface area contributed by atoms with Crippen molar-refractivity contribution in [3.05, 3.63) is 23.8 Å². The predicted octanol–water partition coefficient (Wildman–Crippen LogP) is 4.90. The van der Waals surface area contributed by atoms with Crippen LogP contribution >= 0.6 is 0 Å². The lowest BCUT2D eigenvalue weighted by molar-refractivity contribution is -0.148. The van der Waals surface area contributed by atoms with Crippen molar-refractivity contribution in [1.82, 2.24) is 5.32 Å². The second kappa shape index (κ2) is 19.1. The summed E-state index contributed by atoms with van der Waals surface area (Å²) in [6, 6.07) is 4.83. The van der Waals surface area contributed by atoms with E-state index in [1.807, 2.05) is 32.0 Å². The Morgan fingerprint density at radius 2 is 1.67 bits per heavy atom. The summed E-state index contributed by atoms with van der Waals surface area (Å²) in [7, 11) is 4.66. The van der Waals surface area contributed by atoms with Gasteiger partial charge in [-0.3, -0.25) is 4.79 Å². The lowest BCUT2D eigenvalue weighted by atomic mass is 9.80. The molecule has 1 fully saturated rings. The number of aliphatic hydroxyl groups is 1. The van der Waals surface area contributed by atoms with Crippen LogP contribution in [-0.4, -0.2) is 69.7 Å². The van der Waals surface area contributed by atoms with Gasteiger partial charge in [0.2, 0.25) is 5.91 Å². The number of nitrogens with one attached hydrogen (secondary N) is 1. The molecule has 1 saturated carbocycles. The Hall–Kier alpha value is -2.36. The number of methoxy groups -OCH3 is 3. The minimum absolute atomic E-state index is 0.0333. The molecule has 1 unspecified atom stereocenters. The van der Waals surface area contributed by atoms with Gasteiger partial charge in [0, 0.05) is 32.1 Å². The van der Waals surface area contributed by atoms with Gasteiger partial charge in [-0.25, -0.2) is 4.79 Å². The van der Waals surface area contributed by atoms with Crippen LogP contribution in [0.3, 0.4) is 0 Å². The highest BCUT2D eigenvalue weighted by Gasteiger charge is 2.36. The molecule has 246 valence electrons. The van der Waals surface area contributed by atoms with Gasteiger partial charge in [0.15, 0.2) is 11.5 Å². The quantitative estimate of drug-likeness (QED) is 0.150. The molecule has 1 aliphatic rings. The van der Waals surface area contributed by atoms with Crippen molar-refractivity contribution in [2.75, 3.05) is 34.5 Å². The van der Waals surface area contributed by atoms with Crippen molar-refractivity contribution >= 4 is 11.9 Å². The van der Waals surface area contributed by atoms with E-state index < -0.39 is 30.1 Å². The molecule has 1 aromatic carbocycles. The first kappa shape index (κ1) is 36.8. The van der Waals surface area contributed by atoms with Crippen molar-refractivity contribution in [3.63, 3.8) is 0 Å². The van der Waals surface area contributed by atoms with Gasteiger partial charge in [0.05, 0.1) is 26.9 Å². The lowest BCUT2D eigenvalue weighted by Crippen LogP contribution is -2.50. The number of amides is 1. The second-order valence-electron chi connectivity index (χ2n) is 12.8. The summed E-state index contributed by atoms with van der Waals surface area (Å²) in [5, 5.41) is 14.2. The molecule has 2 rings (SSSR count). The Balaban J connectivity index is 2.07. The zero-order chi connectivity index (χ0) is 31.9. The SMILES string of the molecule is COCCCOc1cc(C[C@@H](C[C@H](N)C(O)C[C@H](C(=O)N[C@H](C(=O)OC)C2CCCCC2)C(C)C)C(C)C)ccc1OC. The number of esters is 1. The Morgan fingerprint density at radius 3 is 2.26 bits per heavy atom. The maximum absolute atomic E-state index is 13.5. The van der Waals surface area contributed by atoms with E-state index in [9.17, 15) is 14.7 Å².